The molecule has 0 nitrogen and oxygen atoms in total. The van der Waals surface area contributed by atoms with Gasteiger partial charge >= 0.3 is 0 Å². The number of rotatable bonds is 2. The highest BCUT2D eigenvalue weighted by molar-refractivity contribution is 6.04. The Kier molecular flexibility index (Phi) is 4.13. The summed E-state index contributed by atoms with van der Waals surface area (Å²) in [7, 11) is 0. The highest BCUT2D eigenvalue weighted by atomic mass is 14.4. The summed E-state index contributed by atoms with van der Waals surface area (Å²) < 4.78 is 0. The smallest absolute Gasteiger partial charge is 0.0159 e. The largest absolute Gasteiger partial charge is 0.0619 e. The molecule has 5 aromatic rings. The minimum Gasteiger partial charge on any atom is -0.0619 e. The average molecular weight is 411 g/mol. The second-order valence-electron chi connectivity index (χ2n) is 9.42. The fraction of sp³-hybridized carbons (Fsp3) is 0.125. The summed E-state index contributed by atoms with van der Waals surface area (Å²) in [6, 6.07) is 37.9. The van der Waals surface area contributed by atoms with Gasteiger partial charge in [-0.2, -0.15) is 0 Å². The molecule has 0 N–H and O–H groups in total. The van der Waals surface area contributed by atoms with E-state index in [0.29, 0.717) is 0 Å². The van der Waals surface area contributed by atoms with Crippen molar-refractivity contribution in [1.82, 2.24) is 0 Å². The number of aryl methyl sites for hydroxylation is 1. The van der Waals surface area contributed by atoms with Gasteiger partial charge < -0.3 is 0 Å². The molecule has 0 bridgehead atoms. The van der Waals surface area contributed by atoms with Crippen molar-refractivity contribution in [1.29, 1.82) is 0 Å². The van der Waals surface area contributed by atoms with Gasteiger partial charge in [-0.05, 0) is 67.8 Å². The Balaban J connectivity index is 1.69. The second-order valence-corrected chi connectivity index (χ2v) is 9.42. The van der Waals surface area contributed by atoms with E-state index in [1.165, 1.54) is 60.8 Å². The predicted molar refractivity (Wildman–Crippen MR) is 137 cm³/mol. The quantitative estimate of drug-likeness (QED) is 0.273. The van der Waals surface area contributed by atoms with Crippen LogP contribution < -0.4 is 0 Å². The second kappa shape index (κ2) is 6.93. The van der Waals surface area contributed by atoms with Gasteiger partial charge in [-0.25, -0.2) is 0 Å². The van der Waals surface area contributed by atoms with E-state index in [1.807, 2.05) is 0 Å². The van der Waals surface area contributed by atoms with Crippen LogP contribution in [-0.2, 0) is 5.41 Å². The topological polar surface area (TPSA) is 0 Å². The van der Waals surface area contributed by atoms with Crippen LogP contribution in [0.2, 0.25) is 0 Å². The Bertz CT molecular complexity index is 1500. The van der Waals surface area contributed by atoms with Crippen LogP contribution in [0.3, 0.4) is 0 Å². The summed E-state index contributed by atoms with van der Waals surface area (Å²) in [5.41, 5.74) is 12.2. The molecule has 32 heavy (non-hydrogen) atoms. The van der Waals surface area contributed by atoms with Crippen LogP contribution in [0.1, 0.15) is 30.5 Å². The van der Waals surface area contributed by atoms with Gasteiger partial charge in [0.25, 0.3) is 0 Å². The Morgan fingerprint density at radius 3 is 1.94 bits per heavy atom. The molecule has 0 heteroatoms. The molecule has 5 aromatic carbocycles. The van der Waals surface area contributed by atoms with Crippen molar-refractivity contribution in [2.24, 2.45) is 0 Å². The monoisotopic (exact) mass is 410 g/mol. The highest BCUT2D eigenvalue weighted by Gasteiger charge is 2.36. The van der Waals surface area contributed by atoms with Crippen LogP contribution in [0.5, 0.6) is 0 Å². The number of hydrogen-bond donors (Lipinski definition) is 0. The van der Waals surface area contributed by atoms with E-state index in [9.17, 15) is 0 Å². The lowest BCUT2D eigenvalue weighted by atomic mass is 9.81. The molecule has 0 aliphatic heterocycles. The molecule has 0 saturated heterocycles. The van der Waals surface area contributed by atoms with Gasteiger partial charge in [-0.3, -0.25) is 0 Å². The molecule has 0 atom stereocenters. The third kappa shape index (κ3) is 2.63. The fourth-order valence-electron chi connectivity index (χ4n) is 5.65. The molecule has 0 fully saturated rings. The molecule has 0 saturated carbocycles. The first-order chi connectivity index (χ1) is 15.6. The van der Waals surface area contributed by atoms with Crippen molar-refractivity contribution in [3.63, 3.8) is 0 Å². The molecule has 0 aromatic heterocycles. The van der Waals surface area contributed by atoms with Gasteiger partial charge in [-0.15, -0.1) is 0 Å². The molecule has 0 radical (unpaired) electrons. The summed E-state index contributed by atoms with van der Waals surface area (Å²) in [5, 5.41) is 2.60. The van der Waals surface area contributed by atoms with Crippen LogP contribution in [0.15, 0.2) is 103 Å². The first-order valence-electron chi connectivity index (χ1n) is 11.4. The molecule has 0 heterocycles. The average Bonchev–Trinajstić information content (AvgIpc) is 3.06. The minimum absolute atomic E-state index is 0.00619. The zero-order valence-corrected chi connectivity index (χ0v) is 18.8. The summed E-state index contributed by atoms with van der Waals surface area (Å²) in [5.74, 6) is 0. The Morgan fingerprint density at radius 1 is 0.469 bits per heavy atom. The molecule has 6 rings (SSSR count). The van der Waals surface area contributed by atoms with Gasteiger partial charge in [0.05, 0.1) is 0 Å². The van der Waals surface area contributed by atoms with Crippen molar-refractivity contribution in [2.75, 3.05) is 0 Å². The maximum Gasteiger partial charge on any atom is 0.0159 e. The lowest BCUT2D eigenvalue weighted by Gasteiger charge is -2.22. The summed E-state index contributed by atoms with van der Waals surface area (Å²) in [6.45, 7) is 6.93. The van der Waals surface area contributed by atoms with E-state index in [-0.39, 0.29) is 5.41 Å². The number of benzene rings is 5. The van der Waals surface area contributed by atoms with Crippen LogP contribution in [-0.4, -0.2) is 0 Å². The lowest BCUT2D eigenvalue weighted by molar-refractivity contribution is 0.660. The number of fused-ring (bicyclic) bond motifs is 4. The molecule has 154 valence electrons. The third-order valence-corrected chi connectivity index (χ3v) is 7.23. The summed E-state index contributed by atoms with van der Waals surface area (Å²) in [6.07, 6.45) is 0. The van der Waals surface area contributed by atoms with Crippen LogP contribution >= 0.6 is 0 Å². The van der Waals surface area contributed by atoms with Gasteiger partial charge in [-0.1, -0.05) is 117 Å². The van der Waals surface area contributed by atoms with Crippen molar-refractivity contribution in [3.8, 4) is 33.4 Å². The van der Waals surface area contributed by atoms with E-state index >= 15 is 0 Å². The third-order valence-electron chi connectivity index (χ3n) is 7.23. The predicted octanol–water partition coefficient (Wildman–Crippen LogP) is 8.79. The van der Waals surface area contributed by atoms with Crippen molar-refractivity contribution in [3.05, 3.63) is 120 Å². The van der Waals surface area contributed by atoms with Crippen molar-refractivity contribution in [2.45, 2.75) is 26.2 Å². The molecule has 0 unspecified atom stereocenters. The van der Waals surface area contributed by atoms with Crippen LogP contribution in [0.25, 0.3) is 44.2 Å². The molecular weight excluding hydrogens is 384 g/mol. The summed E-state index contributed by atoms with van der Waals surface area (Å²) >= 11 is 0. The van der Waals surface area contributed by atoms with Gasteiger partial charge in [0, 0.05) is 5.41 Å². The van der Waals surface area contributed by atoms with E-state index in [4.69, 9.17) is 0 Å². The molecule has 1 aliphatic rings. The maximum absolute atomic E-state index is 2.35. The van der Waals surface area contributed by atoms with Gasteiger partial charge in [0.2, 0.25) is 0 Å². The van der Waals surface area contributed by atoms with Crippen molar-refractivity contribution < 1.29 is 0 Å². The number of hydrogen-bond acceptors (Lipinski definition) is 0. The highest BCUT2D eigenvalue weighted by Crippen LogP contribution is 2.53. The van der Waals surface area contributed by atoms with E-state index in [2.05, 4.69) is 124 Å². The Labute approximate surface area is 190 Å². The first-order valence-corrected chi connectivity index (χ1v) is 11.4. The minimum atomic E-state index is 0.00619. The molecular formula is C32H26. The first kappa shape index (κ1) is 19.1. The molecule has 0 spiro atoms. The zero-order valence-electron chi connectivity index (χ0n) is 18.8. The Morgan fingerprint density at radius 2 is 1.09 bits per heavy atom. The zero-order chi connectivity index (χ0) is 21.9. The van der Waals surface area contributed by atoms with Gasteiger partial charge in [0.1, 0.15) is 0 Å². The summed E-state index contributed by atoms with van der Waals surface area (Å²) in [4.78, 5) is 0. The molecule has 0 amide bonds. The standard InChI is InChI=1S/C32H26/c1-21-19-20-22-11-4-5-12-23(22)30(21)25-14-7-6-13-24(25)26-16-10-18-29-31(26)27-15-8-9-17-28(27)32(29,2)3/h4-20H,1-3H3. The normalized spacial score (nSPS) is 13.7. The maximum atomic E-state index is 2.35. The Hall–Kier alpha value is -3.64. The van der Waals surface area contributed by atoms with Crippen molar-refractivity contribution >= 4 is 10.8 Å². The molecule has 1 aliphatic carbocycles. The lowest BCUT2D eigenvalue weighted by Crippen LogP contribution is -2.14. The van der Waals surface area contributed by atoms with Crippen LogP contribution in [0, 0.1) is 6.92 Å². The van der Waals surface area contributed by atoms with Crippen LogP contribution in [0.4, 0.5) is 0 Å². The van der Waals surface area contributed by atoms with E-state index in [0.717, 1.165) is 0 Å². The van der Waals surface area contributed by atoms with E-state index < -0.39 is 0 Å². The fourth-order valence-corrected chi connectivity index (χ4v) is 5.65. The SMILES string of the molecule is Cc1ccc2ccccc2c1-c1ccccc1-c1cccc2c1-c1ccccc1C2(C)C. The van der Waals surface area contributed by atoms with Gasteiger partial charge in [0.15, 0.2) is 0 Å². The van der Waals surface area contributed by atoms with E-state index in [1.54, 1.807) is 0 Å².